The van der Waals surface area contributed by atoms with Gasteiger partial charge >= 0.3 is 0 Å². The van der Waals surface area contributed by atoms with Crippen molar-refractivity contribution in [2.45, 2.75) is 32.2 Å². The van der Waals surface area contributed by atoms with E-state index in [1.165, 1.54) is 11.8 Å². The molecule has 6 heteroatoms. The minimum absolute atomic E-state index is 0.0491. The van der Waals surface area contributed by atoms with Gasteiger partial charge in [-0.25, -0.2) is 12.7 Å². The second-order valence-corrected chi connectivity index (χ2v) is 8.87. The monoisotopic (exact) mass is 374 g/mol. The van der Waals surface area contributed by atoms with Gasteiger partial charge < -0.3 is 5.73 Å². The van der Waals surface area contributed by atoms with Crippen LogP contribution >= 0.6 is 15.9 Å². The maximum absolute atomic E-state index is 11.7. The zero-order chi connectivity index (χ0) is 15.6. The average Bonchev–Trinajstić information content (AvgIpc) is 2.41. The second-order valence-electron chi connectivity index (χ2n) is 5.97. The Hall–Kier alpha value is -0.430. The number of rotatable bonds is 4. The highest BCUT2D eigenvalue weighted by molar-refractivity contribution is 9.10. The first-order valence-corrected chi connectivity index (χ1v) is 9.88. The van der Waals surface area contributed by atoms with E-state index in [0.29, 0.717) is 19.0 Å². The maximum Gasteiger partial charge on any atom is 0.211 e. The second kappa shape index (κ2) is 6.77. The topological polar surface area (TPSA) is 63.4 Å². The van der Waals surface area contributed by atoms with Crippen LogP contribution in [0.1, 0.15) is 36.4 Å². The zero-order valence-electron chi connectivity index (χ0n) is 12.5. The molecule has 4 nitrogen and oxygen atoms in total. The summed E-state index contributed by atoms with van der Waals surface area (Å²) in [6, 6.07) is 6.09. The Balaban J connectivity index is 2.05. The van der Waals surface area contributed by atoms with Crippen molar-refractivity contribution in [2.24, 2.45) is 11.7 Å². The molecule has 0 saturated carbocycles. The molecular formula is C15H23BrN2O2S. The van der Waals surface area contributed by atoms with Crippen molar-refractivity contribution in [2.75, 3.05) is 19.3 Å². The normalized spacial score (nSPS) is 22.2. The van der Waals surface area contributed by atoms with Crippen LogP contribution in [-0.4, -0.2) is 32.1 Å². The number of sulfonamides is 1. The van der Waals surface area contributed by atoms with Crippen LogP contribution in [0.4, 0.5) is 0 Å². The summed E-state index contributed by atoms with van der Waals surface area (Å²) in [5.41, 5.74) is 8.68. The van der Waals surface area contributed by atoms with E-state index in [9.17, 15) is 8.42 Å². The van der Waals surface area contributed by atoms with Crippen molar-refractivity contribution in [3.63, 3.8) is 0 Å². The summed E-state index contributed by atoms with van der Waals surface area (Å²) >= 11 is 3.48. The number of nitrogens with zero attached hydrogens (tertiary/aromatic N) is 1. The largest absolute Gasteiger partial charge is 0.324 e. The van der Waals surface area contributed by atoms with Gasteiger partial charge in [-0.05, 0) is 55.4 Å². The third-order valence-corrected chi connectivity index (χ3v) is 5.94. The van der Waals surface area contributed by atoms with Crippen LogP contribution in [-0.2, 0) is 10.0 Å². The molecule has 1 saturated heterocycles. The highest BCUT2D eigenvalue weighted by Gasteiger charge is 2.27. The summed E-state index contributed by atoms with van der Waals surface area (Å²) in [7, 11) is -3.09. The van der Waals surface area contributed by atoms with Gasteiger partial charge in [0.2, 0.25) is 10.0 Å². The molecule has 21 heavy (non-hydrogen) atoms. The molecule has 0 spiro atoms. The van der Waals surface area contributed by atoms with Crippen LogP contribution in [0.2, 0.25) is 0 Å². The molecule has 1 aromatic rings. The van der Waals surface area contributed by atoms with Gasteiger partial charge in [0.25, 0.3) is 0 Å². The predicted molar refractivity (Wildman–Crippen MR) is 89.6 cm³/mol. The van der Waals surface area contributed by atoms with Gasteiger partial charge in [0, 0.05) is 23.6 Å². The number of hydrogen-bond donors (Lipinski definition) is 1. The first kappa shape index (κ1) is 16.9. The fraction of sp³-hybridized carbons (Fsp3) is 0.600. The Labute approximate surface area is 135 Å². The van der Waals surface area contributed by atoms with E-state index in [2.05, 4.69) is 35.0 Å². The van der Waals surface area contributed by atoms with Crippen LogP contribution in [0.5, 0.6) is 0 Å². The number of nitrogens with two attached hydrogens (primary N) is 1. The fourth-order valence-electron chi connectivity index (χ4n) is 3.02. The lowest BCUT2D eigenvalue weighted by Gasteiger charge is -2.32. The van der Waals surface area contributed by atoms with Crippen LogP contribution in [0.25, 0.3) is 0 Å². The van der Waals surface area contributed by atoms with Gasteiger partial charge in [-0.15, -0.1) is 0 Å². The number of piperidine rings is 1. The Morgan fingerprint density at radius 3 is 2.86 bits per heavy atom. The van der Waals surface area contributed by atoms with E-state index in [1.807, 2.05) is 6.07 Å². The summed E-state index contributed by atoms with van der Waals surface area (Å²) in [6.07, 6.45) is 4.08. The predicted octanol–water partition coefficient (Wildman–Crippen LogP) is 2.82. The first-order chi connectivity index (χ1) is 9.77. The van der Waals surface area contributed by atoms with Crippen molar-refractivity contribution in [1.29, 1.82) is 0 Å². The summed E-state index contributed by atoms with van der Waals surface area (Å²) in [4.78, 5) is 0. The van der Waals surface area contributed by atoms with Crippen LogP contribution in [0.15, 0.2) is 22.7 Å². The molecule has 2 atom stereocenters. The molecule has 1 fully saturated rings. The quantitative estimate of drug-likeness (QED) is 0.880. The molecule has 1 aliphatic rings. The highest BCUT2D eigenvalue weighted by Crippen LogP contribution is 2.29. The van der Waals surface area contributed by atoms with Gasteiger partial charge in [-0.2, -0.15) is 0 Å². The molecule has 0 aliphatic carbocycles. The Bertz CT molecular complexity index is 604. The van der Waals surface area contributed by atoms with E-state index in [0.717, 1.165) is 29.3 Å². The molecule has 2 rings (SSSR count). The van der Waals surface area contributed by atoms with Gasteiger partial charge in [0.05, 0.1) is 6.26 Å². The molecule has 1 aromatic carbocycles. The Morgan fingerprint density at radius 2 is 2.19 bits per heavy atom. The summed E-state index contributed by atoms with van der Waals surface area (Å²) in [5, 5.41) is 0. The van der Waals surface area contributed by atoms with Crippen molar-refractivity contribution < 1.29 is 8.42 Å². The summed E-state index contributed by atoms with van der Waals surface area (Å²) in [5.74, 6) is 0.335. The molecule has 118 valence electrons. The molecule has 1 aliphatic heterocycles. The minimum Gasteiger partial charge on any atom is -0.324 e. The van der Waals surface area contributed by atoms with Crippen LogP contribution in [0.3, 0.4) is 0 Å². The Morgan fingerprint density at radius 1 is 1.48 bits per heavy atom. The zero-order valence-corrected chi connectivity index (χ0v) is 15.0. The summed E-state index contributed by atoms with van der Waals surface area (Å²) in [6.45, 7) is 3.30. The minimum atomic E-state index is -3.09. The average molecular weight is 375 g/mol. The molecule has 0 radical (unpaired) electrons. The highest BCUT2D eigenvalue weighted by atomic mass is 79.9. The smallest absolute Gasteiger partial charge is 0.211 e. The lowest BCUT2D eigenvalue weighted by Crippen LogP contribution is -2.40. The van der Waals surface area contributed by atoms with Gasteiger partial charge in [-0.1, -0.05) is 22.0 Å². The number of hydrogen-bond acceptors (Lipinski definition) is 3. The van der Waals surface area contributed by atoms with Gasteiger partial charge in [-0.3, -0.25) is 0 Å². The lowest BCUT2D eigenvalue weighted by atomic mass is 9.88. The van der Waals surface area contributed by atoms with Gasteiger partial charge in [0.1, 0.15) is 0 Å². The summed E-state index contributed by atoms with van der Waals surface area (Å²) < 4.78 is 26.0. The fourth-order valence-corrected chi connectivity index (χ4v) is 4.34. The standard InChI is InChI=1S/C15H23BrN2O2S/c1-11-5-6-13(16)9-14(11)15(17)8-12-4-3-7-18(10-12)21(2,19)20/h5-6,9,12,15H,3-4,7-8,10,17H2,1-2H3. The number of benzene rings is 1. The van der Waals surface area contributed by atoms with E-state index < -0.39 is 10.0 Å². The third-order valence-electron chi connectivity index (χ3n) is 4.18. The maximum atomic E-state index is 11.7. The van der Waals surface area contributed by atoms with E-state index >= 15 is 0 Å². The number of aryl methyl sites for hydroxylation is 1. The van der Waals surface area contributed by atoms with Gasteiger partial charge in [0.15, 0.2) is 0 Å². The van der Waals surface area contributed by atoms with Crippen LogP contribution in [0, 0.1) is 12.8 Å². The van der Waals surface area contributed by atoms with E-state index in [1.54, 1.807) is 4.31 Å². The molecule has 2 N–H and O–H groups in total. The van der Waals surface area contributed by atoms with Crippen molar-refractivity contribution in [3.8, 4) is 0 Å². The van der Waals surface area contributed by atoms with Crippen molar-refractivity contribution >= 4 is 26.0 Å². The molecule has 0 aromatic heterocycles. The van der Waals surface area contributed by atoms with Crippen LogP contribution < -0.4 is 5.73 Å². The van der Waals surface area contributed by atoms with E-state index in [-0.39, 0.29) is 6.04 Å². The lowest BCUT2D eigenvalue weighted by molar-refractivity contribution is 0.247. The molecular weight excluding hydrogens is 352 g/mol. The SMILES string of the molecule is Cc1ccc(Br)cc1C(N)CC1CCCN(S(C)(=O)=O)C1. The first-order valence-electron chi connectivity index (χ1n) is 7.24. The third kappa shape index (κ3) is 4.52. The molecule has 1 heterocycles. The molecule has 0 bridgehead atoms. The molecule has 0 amide bonds. The number of halogens is 1. The molecule has 2 unspecified atom stereocenters. The Kier molecular flexibility index (Phi) is 5.46. The van der Waals surface area contributed by atoms with Crippen molar-refractivity contribution in [3.05, 3.63) is 33.8 Å². The van der Waals surface area contributed by atoms with E-state index in [4.69, 9.17) is 5.73 Å². The van der Waals surface area contributed by atoms with Crippen molar-refractivity contribution in [1.82, 2.24) is 4.31 Å².